The fraction of sp³-hybridized carbons (Fsp3) is 0.333. The molecule has 0 spiro atoms. The summed E-state index contributed by atoms with van der Waals surface area (Å²) in [7, 11) is 0. The van der Waals surface area contributed by atoms with Crippen molar-refractivity contribution in [2.24, 2.45) is 0 Å². The van der Waals surface area contributed by atoms with Crippen molar-refractivity contribution >= 4 is 22.9 Å². The van der Waals surface area contributed by atoms with Crippen LogP contribution in [0.2, 0.25) is 4.34 Å². The van der Waals surface area contributed by atoms with Gasteiger partial charge in [-0.2, -0.15) is 0 Å². The molecule has 0 radical (unpaired) electrons. The third kappa shape index (κ3) is 1.90. The molecule has 0 aliphatic heterocycles. The molecular formula is C12H13ClO2S. The zero-order chi connectivity index (χ0) is 11.9. The van der Waals surface area contributed by atoms with Gasteiger partial charge in [0.2, 0.25) is 0 Å². The maximum atomic E-state index is 10.3. The van der Waals surface area contributed by atoms with E-state index < -0.39 is 6.10 Å². The first-order chi connectivity index (χ1) is 7.50. The first kappa shape index (κ1) is 11.7. The Balaban J connectivity index is 2.44. The second kappa shape index (κ2) is 4.24. The lowest BCUT2D eigenvalue weighted by Gasteiger charge is -2.08. The molecular weight excluding hydrogens is 244 g/mol. The largest absolute Gasteiger partial charge is 0.466 e. The Bertz CT molecular complexity index is 513. The number of thiophene rings is 1. The molecule has 2 aromatic rings. The number of furan rings is 1. The Hall–Kier alpha value is -0.770. The van der Waals surface area contributed by atoms with Gasteiger partial charge in [-0.25, -0.2) is 0 Å². The number of halogens is 1. The van der Waals surface area contributed by atoms with Crippen molar-refractivity contribution in [3.63, 3.8) is 0 Å². The molecule has 4 heteroatoms. The molecule has 0 aliphatic rings. The first-order valence-corrected chi connectivity index (χ1v) is 6.20. The lowest BCUT2D eigenvalue weighted by molar-refractivity contribution is 0.221. The fourth-order valence-electron chi connectivity index (χ4n) is 1.83. The quantitative estimate of drug-likeness (QED) is 0.881. The van der Waals surface area contributed by atoms with E-state index in [0.717, 1.165) is 27.5 Å². The maximum absolute atomic E-state index is 10.3. The Morgan fingerprint density at radius 1 is 1.25 bits per heavy atom. The Kier molecular flexibility index (Phi) is 3.10. The topological polar surface area (TPSA) is 33.4 Å². The van der Waals surface area contributed by atoms with Crippen molar-refractivity contribution in [1.82, 2.24) is 0 Å². The third-order valence-electron chi connectivity index (χ3n) is 2.75. The summed E-state index contributed by atoms with van der Waals surface area (Å²) in [4.78, 5) is 0.844. The van der Waals surface area contributed by atoms with Gasteiger partial charge in [-0.1, -0.05) is 11.6 Å². The molecule has 0 aliphatic carbocycles. The van der Waals surface area contributed by atoms with Gasteiger partial charge in [0.05, 0.1) is 4.34 Å². The van der Waals surface area contributed by atoms with E-state index in [-0.39, 0.29) is 0 Å². The highest BCUT2D eigenvalue weighted by Gasteiger charge is 2.21. The SMILES string of the molecule is Cc1oc(C)c(C(O)c2ccc(Cl)s2)c1C. The van der Waals surface area contributed by atoms with Crippen LogP contribution in [0.3, 0.4) is 0 Å². The summed E-state index contributed by atoms with van der Waals surface area (Å²) in [5, 5.41) is 10.3. The Labute approximate surface area is 103 Å². The number of hydrogen-bond donors (Lipinski definition) is 1. The second-order valence-corrected chi connectivity index (χ2v) is 5.54. The van der Waals surface area contributed by atoms with Crippen molar-refractivity contribution in [3.8, 4) is 0 Å². The Morgan fingerprint density at radius 2 is 1.94 bits per heavy atom. The summed E-state index contributed by atoms with van der Waals surface area (Å²) >= 11 is 7.25. The minimum absolute atomic E-state index is 0.644. The number of hydrogen-bond acceptors (Lipinski definition) is 3. The van der Waals surface area contributed by atoms with Gasteiger partial charge in [0.15, 0.2) is 0 Å². The van der Waals surface area contributed by atoms with Crippen molar-refractivity contribution in [2.75, 3.05) is 0 Å². The van der Waals surface area contributed by atoms with Crippen LogP contribution in [0.25, 0.3) is 0 Å². The molecule has 1 N–H and O–H groups in total. The van der Waals surface area contributed by atoms with Crippen LogP contribution < -0.4 is 0 Å². The van der Waals surface area contributed by atoms with E-state index in [0.29, 0.717) is 4.34 Å². The number of rotatable bonds is 2. The summed E-state index contributed by atoms with van der Waals surface area (Å²) < 4.78 is 6.19. The minimum Gasteiger partial charge on any atom is -0.466 e. The van der Waals surface area contributed by atoms with Gasteiger partial charge in [0, 0.05) is 10.4 Å². The molecule has 0 aromatic carbocycles. The van der Waals surface area contributed by atoms with Gasteiger partial charge >= 0.3 is 0 Å². The predicted molar refractivity (Wildman–Crippen MR) is 66.3 cm³/mol. The number of aryl methyl sites for hydroxylation is 2. The molecule has 0 fully saturated rings. The van der Waals surface area contributed by atoms with Crippen LogP contribution >= 0.6 is 22.9 Å². The van der Waals surface area contributed by atoms with Gasteiger partial charge < -0.3 is 9.52 Å². The molecule has 1 atom stereocenters. The third-order valence-corrected chi connectivity index (χ3v) is 4.04. The van der Waals surface area contributed by atoms with Crippen molar-refractivity contribution in [1.29, 1.82) is 0 Å². The second-order valence-electron chi connectivity index (χ2n) is 3.80. The molecule has 2 heterocycles. The predicted octanol–water partition coefficient (Wildman–Crippen LogP) is 4.00. The maximum Gasteiger partial charge on any atom is 0.117 e. The van der Waals surface area contributed by atoms with Crippen molar-refractivity contribution in [2.45, 2.75) is 26.9 Å². The normalized spacial score (nSPS) is 13.1. The van der Waals surface area contributed by atoms with Gasteiger partial charge in [-0.05, 0) is 38.5 Å². The van der Waals surface area contributed by atoms with E-state index in [1.165, 1.54) is 11.3 Å². The van der Waals surface area contributed by atoms with E-state index >= 15 is 0 Å². The molecule has 86 valence electrons. The van der Waals surface area contributed by atoms with E-state index in [1.807, 2.05) is 26.8 Å². The van der Waals surface area contributed by atoms with Crippen LogP contribution in [-0.4, -0.2) is 5.11 Å². The van der Waals surface area contributed by atoms with Crippen LogP contribution in [0.4, 0.5) is 0 Å². The molecule has 0 saturated heterocycles. The average Bonchev–Trinajstić information content (AvgIpc) is 2.73. The smallest absolute Gasteiger partial charge is 0.117 e. The van der Waals surface area contributed by atoms with Crippen LogP contribution in [0.5, 0.6) is 0 Å². The van der Waals surface area contributed by atoms with Gasteiger partial charge in [0.1, 0.15) is 17.6 Å². The monoisotopic (exact) mass is 256 g/mol. The summed E-state index contributed by atoms with van der Waals surface area (Å²) in [6, 6.07) is 3.64. The zero-order valence-corrected chi connectivity index (χ0v) is 10.9. The standard InChI is InChI=1S/C12H13ClO2S/c1-6-7(2)15-8(3)11(6)12(14)9-4-5-10(13)16-9/h4-5,12,14H,1-3H3. The highest BCUT2D eigenvalue weighted by molar-refractivity contribution is 7.16. The molecule has 0 amide bonds. The summed E-state index contributed by atoms with van der Waals surface area (Å²) in [6.45, 7) is 5.73. The fourth-order valence-corrected chi connectivity index (χ4v) is 2.89. The van der Waals surface area contributed by atoms with Crippen LogP contribution in [-0.2, 0) is 0 Å². The number of aliphatic hydroxyl groups is 1. The Morgan fingerprint density at radius 3 is 2.38 bits per heavy atom. The molecule has 1 unspecified atom stereocenters. The van der Waals surface area contributed by atoms with E-state index in [1.54, 1.807) is 6.07 Å². The summed E-state index contributed by atoms with van der Waals surface area (Å²) in [6.07, 6.45) is -0.644. The lowest BCUT2D eigenvalue weighted by atomic mass is 10.0. The highest BCUT2D eigenvalue weighted by Crippen LogP contribution is 2.35. The first-order valence-electron chi connectivity index (χ1n) is 5.00. The summed E-state index contributed by atoms with van der Waals surface area (Å²) in [5.41, 5.74) is 1.87. The zero-order valence-electron chi connectivity index (χ0n) is 9.37. The van der Waals surface area contributed by atoms with Crippen LogP contribution in [0, 0.1) is 20.8 Å². The van der Waals surface area contributed by atoms with Gasteiger partial charge in [-0.15, -0.1) is 11.3 Å². The highest BCUT2D eigenvalue weighted by atomic mass is 35.5. The molecule has 2 nitrogen and oxygen atoms in total. The van der Waals surface area contributed by atoms with Crippen LogP contribution in [0.1, 0.15) is 33.6 Å². The minimum atomic E-state index is -0.644. The number of aliphatic hydroxyl groups excluding tert-OH is 1. The lowest BCUT2D eigenvalue weighted by Crippen LogP contribution is -1.99. The van der Waals surface area contributed by atoms with E-state index in [2.05, 4.69) is 0 Å². The van der Waals surface area contributed by atoms with Crippen molar-refractivity contribution in [3.05, 3.63) is 44.0 Å². The van der Waals surface area contributed by atoms with Gasteiger partial charge in [-0.3, -0.25) is 0 Å². The summed E-state index contributed by atoms with van der Waals surface area (Å²) in [5.74, 6) is 1.63. The van der Waals surface area contributed by atoms with Crippen LogP contribution in [0.15, 0.2) is 16.5 Å². The van der Waals surface area contributed by atoms with E-state index in [9.17, 15) is 5.11 Å². The molecule has 0 bridgehead atoms. The molecule has 2 rings (SSSR count). The van der Waals surface area contributed by atoms with E-state index in [4.69, 9.17) is 16.0 Å². The molecule has 16 heavy (non-hydrogen) atoms. The molecule has 2 aromatic heterocycles. The molecule has 0 saturated carbocycles. The average molecular weight is 257 g/mol. The van der Waals surface area contributed by atoms with Gasteiger partial charge in [0.25, 0.3) is 0 Å². The van der Waals surface area contributed by atoms with Crippen molar-refractivity contribution < 1.29 is 9.52 Å².